The van der Waals surface area contributed by atoms with E-state index < -0.39 is 11.5 Å². The average Bonchev–Trinajstić information content (AvgIpc) is 2.86. The lowest BCUT2D eigenvalue weighted by Gasteiger charge is -2.09. The molecule has 15 heavy (non-hydrogen) atoms. The molecule has 1 saturated carbocycles. The molecule has 1 fully saturated rings. The summed E-state index contributed by atoms with van der Waals surface area (Å²) in [5.74, 6) is -0.896. The smallest absolute Gasteiger partial charge is 0.329 e. The first-order valence-corrected chi connectivity index (χ1v) is 5.35. The van der Waals surface area contributed by atoms with Gasteiger partial charge in [0.1, 0.15) is 16.5 Å². The number of thiazole rings is 1. The fraction of sp³-hybridized carbons (Fsp3) is 0.375. The van der Waals surface area contributed by atoms with Crippen molar-refractivity contribution in [1.29, 1.82) is 5.26 Å². The van der Waals surface area contributed by atoms with E-state index in [-0.39, 0.29) is 5.15 Å². The summed E-state index contributed by atoms with van der Waals surface area (Å²) < 4.78 is 0. The van der Waals surface area contributed by atoms with E-state index >= 15 is 0 Å². The number of carboxylic acid groups (broad SMARTS) is 1. The van der Waals surface area contributed by atoms with Crippen molar-refractivity contribution in [3.05, 3.63) is 10.0 Å². The number of halogens is 1. The Hall–Kier alpha value is -1.32. The number of aliphatic carboxylic acids is 1. The van der Waals surface area contributed by atoms with Crippen molar-refractivity contribution in [2.24, 2.45) is 0 Å². The fourth-order valence-corrected chi connectivity index (χ4v) is 2.19. The normalized spacial score (nSPS) is 16.8. The highest BCUT2D eigenvalue weighted by atomic mass is 35.5. The summed E-state index contributed by atoms with van der Waals surface area (Å²) in [7, 11) is 0. The molecule has 1 heterocycles. The first-order valence-electron chi connectivity index (χ1n) is 4.15. The molecule has 78 valence electrons. The largest absolute Gasteiger partial charge is 0.480 e. The van der Waals surface area contributed by atoms with Crippen LogP contribution in [0.3, 0.4) is 0 Å². The first-order chi connectivity index (χ1) is 7.07. The topological polar surface area (TPSA) is 86.0 Å². The van der Waals surface area contributed by atoms with Crippen LogP contribution in [0.15, 0.2) is 0 Å². The molecule has 1 aliphatic carbocycles. The molecule has 0 amide bonds. The van der Waals surface area contributed by atoms with Crippen LogP contribution < -0.4 is 5.32 Å². The molecule has 1 aromatic rings. The van der Waals surface area contributed by atoms with Gasteiger partial charge in [0.15, 0.2) is 10.3 Å². The highest BCUT2D eigenvalue weighted by molar-refractivity contribution is 7.16. The summed E-state index contributed by atoms with van der Waals surface area (Å²) in [6.07, 6.45) is 1.14. The van der Waals surface area contributed by atoms with Crippen LogP contribution in [0.5, 0.6) is 0 Å². The molecule has 0 unspecified atom stereocenters. The van der Waals surface area contributed by atoms with E-state index in [0.29, 0.717) is 22.9 Å². The highest BCUT2D eigenvalue weighted by Crippen LogP contribution is 2.40. The third-order valence-electron chi connectivity index (χ3n) is 2.19. The van der Waals surface area contributed by atoms with Crippen LogP contribution in [0.4, 0.5) is 5.13 Å². The number of nitriles is 1. The predicted molar refractivity (Wildman–Crippen MR) is 55.1 cm³/mol. The zero-order valence-electron chi connectivity index (χ0n) is 7.45. The molecule has 0 bridgehead atoms. The van der Waals surface area contributed by atoms with Crippen molar-refractivity contribution in [1.82, 2.24) is 4.98 Å². The van der Waals surface area contributed by atoms with Crippen LogP contribution in [0.1, 0.15) is 17.7 Å². The Labute approximate surface area is 94.3 Å². The average molecular weight is 244 g/mol. The second-order valence-corrected chi connectivity index (χ2v) is 4.62. The number of hydrogen-bond acceptors (Lipinski definition) is 5. The van der Waals surface area contributed by atoms with Crippen LogP contribution in [0.25, 0.3) is 0 Å². The SMILES string of the molecule is N#Cc1sc(NC2(C(=O)O)CC2)nc1Cl. The molecule has 5 nitrogen and oxygen atoms in total. The van der Waals surface area contributed by atoms with Gasteiger partial charge in [-0.15, -0.1) is 0 Å². The Morgan fingerprint density at radius 1 is 1.73 bits per heavy atom. The number of aromatic nitrogens is 1. The van der Waals surface area contributed by atoms with E-state index in [1.807, 2.05) is 6.07 Å². The van der Waals surface area contributed by atoms with Crippen LogP contribution >= 0.6 is 22.9 Å². The first kappa shape index (κ1) is 10.2. The Morgan fingerprint density at radius 3 is 2.80 bits per heavy atom. The maximum absolute atomic E-state index is 10.9. The minimum Gasteiger partial charge on any atom is -0.480 e. The molecule has 1 aliphatic rings. The van der Waals surface area contributed by atoms with Gasteiger partial charge in [0, 0.05) is 0 Å². The van der Waals surface area contributed by atoms with Gasteiger partial charge in [-0.1, -0.05) is 22.9 Å². The lowest BCUT2D eigenvalue weighted by Crippen LogP contribution is -2.31. The Morgan fingerprint density at radius 2 is 2.40 bits per heavy atom. The van der Waals surface area contributed by atoms with Crippen molar-refractivity contribution in [2.45, 2.75) is 18.4 Å². The molecule has 1 aromatic heterocycles. The molecule has 0 saturated heterocycles. The predicted octanol–water partition coefficient (Wildman–Crippen LogP) is 1.70. The Bertz CT molecular complexity index is 461. The van der Waals surface area contributed by atoms with Gasteiger partial charge in [0.2, 0.25) is 0 Å². The summed E-state index contributed by atoms with van der Waals surface area (Å²) in [4.78, 5) is 15.0. The number of carboxylic acids is 1. The minimum absolute atomic E-state index is 0.117. The van der Waals surface area contributed by atoms with E-state index in [0.717, 1.165) is 11.3 Å². The van der Waals surface area contributed by atoms with Crippen molar-refractivity contribution in [3.63, 3.8) is 0 Å². The van der Waals surface area contributed by atoms with Crippen LogP contribution in [0.2, 0.25) is 5.15 Å². The number of anilines is 1. The Kier molecular flexibility index (Phi) is 2.29. The van der Waals surface area contributed by atoms with Crippen LogP contribution in [-0.4, -0.2) is 21.6 Å². The number of rotatable bonds is 3. The second-order valence-electron chi connectivity index (χ2n) is 3.26. The fourth-order valence-electron chi connectivity index (χ4n) is 1.15. The van der Waals surface area contributed by atoms with Gasteiger partial charge in [-0.2, -0.15) is 5.26 Å². The van der Waals surface area contributed by atoms with E-state index in [9.17, 15) is 4.79 Å². The molecule has 2 N–H and O–H groups in total. The maximum Gasteiger partial charge on any atom is 0.329 e. The minimum atomic E-state index is -0.896. The number of nitrogens with zero attached hydrogens (tertiary/aromatic N) is 2. The monoisotopic (exact) mass is 243 g/mol. The summed E-state index contributed by atoms with van der Waals surface area (Å²) in [6, 6.07) is 1.89. The van der Waals surface area contributed by atoms with Crippen molar-refractivity contribution >= 4 is 34.0 Å². The number of nitrogens with one attached hydrogen (secondary N) is 1. The molecular formula is C8H6ClN3O2S. The van der Waals surface area contributed by atoms with E-state index in [4.69, 9.17) is 22.0 Å². The molecule has 0 atom stereocenters. The van der Waals surface area contributed by atoms with Crippen LogP contribution in [0, 0.1) is 11.3 Å². The zero-order valence-corrected chi connectivity index (χ0v) is 9.02. The van der Waals surface area contributed by atoms with Gasteiger partial charge in [0.05, 0.1) is 0 Å². The van der Waals surface area contributed by atoms with Gasteiger partial charge in [-0.25, -0.2) is 9.78 Å². The van der Waals surface area contributed by atoms with Crippen LogP contribution in [-0.2, 0) is 4.79 Å². The van der Waals surface area contributed by atoms with Gasteiger partial charge < -0.3 is 10.4 Å². The van der Waals surface area contributed by atoms with Crippen molar-refractivity contribution < 1.29 is 9.90 Å². The van der Waals surface area contributed by atoms with Gasteiger partial charge in [0.25, 0.3) is 0 Å². The van der Waals surface area contributed by atoms with E-state index in [1.54, 1.807) is 0 Å². The third-order valence-corrected chi connectivity index (χ3v) is 3.45. The standard InChI is InChI=1S/C8H6ClN3O2S/c9-5-4(3-10)15-7(11-5)12-8(1-2-8)6(13)14/h1-2H2,(H,11,12)(H,13,14). The third kappa shape index (κ3) is 1.76. The quantitative estimate of drug-likeness (QED) is 0.844. The van der Waals surface area contributed by atoms with Crippen molar-refractivity contribution in [2.75, 3.05) is 5.32 Å². The molecule has 0 spiro atoms. The van der Waals surface area contributed by atoms with E-state index in [2.05, 4.69) is 10.3 Å². The zero-order chi connectivity index (χ0) is 11.1. The molecule has 0 aromatic carbocycles. The van der Waals surface area contributed by atoms with Gasteiger partial charge in [-0.05, 0) is 12.8 Å². The molecule has 0 aliphatic heterocycles. The second kappa shape index (κ2) is 3.36. The van der Waals surface area contributed by atoms with Gasteiger partial charge in [-0.3, -0.25) is 0 Å². The maximum atomic E-state index is 10.9. The summed E-state index contributed by atoms with van der Waals surface area (Å²) >= 11 is 6.73. The highest BCUT2D eigenvalue weighted by Gasteiger charge is 2.51. The van der Waals surface area contributed by atoms with E-state index in [1.165, 1.54) is 0 Å². The summed E-state index contributed by atoms with van der Waals surface area (Å²) in [5, 5.41) is 20.9. The summed E-state index contributed by atoms with van der Waals surface area (Å²) in [6.45, 7) is 0. The molecular weight excluding hydrogens is 238 g/mol. The van der Waals surface area contributed by atoms with Crippen molar-refractivity contribution in [3.8, 4) is 6.07 Å². The molecule has 0 radical (unpaired) electrons. The molecule has 2 rings (SSSR count). The lowest BCUT2D eigenvalue weighted by atomic mass is 10.3. The lowest BCUT2D eigenvalue weighted by molar-refractivity contribution is -0.138. The number of carbonyl (C=O) groups is 1. The molecule has 7 heteroatoms. The number of hydrogen-bond donors (Lipinski definition) is 2. The Balaban J connectivity index is 2.19. The summed E-state index contributed by atoms with van der Waals surface area (Å²) in [5.41, 5.74) is -0.895. The van der Waals surface area contributed by atoms with Gasteiger partial charge >= 0.3 is 5.97 Å².